The molecule has 4 nitrogen and oxygen atoms in total. The highest BCUT2D eigenvalue weighted by Gasteiger charge is 2.12. The van der Waals surface area contributed by atoms with Crippen LogP contribution in [0, 0.1) is 0 Å². The van der Waals surface area contributed by atoms with Crippen LogP contribution in [0.4, 0.5) is 0 Å². The Morgan fingerprint density at radius 1 is 0.875 bits per heavy atom. The van der Waals surface area contributed by atoms with Crippen molar-refractivity contribution < 1.29 is 9.47 Å². The number of hydrogen-bond acceptors (Lipinski definition) is 4. The Morgan fingerprint density at radius 2 is 1.25 bits per heavy atom. The third-order valence-electron chi connectivity index (χ3n) is 2.07. The van der Waals surface area contributed by atoms with Crippen LogP contribution in [0.25, 0.3) is 11.0 Å². The molecule has 0 unspecified atom stereocenters. The minimum Gasteiger partial charge on any atom is -0.494 e. The van der Waals surface area contributed by atoms with Gasteiger partial charge in [0, 0.05) is 12.1 Å². The number of pyridine rings is 2. The first-order valence-electron chi connectivity index (χ1n) is 4.40. The molecule has 0 saturated heterocycles. The van der Waals surface area contributed by atoms with Crippen LogP contribution in [0.5, 0.6) is 11.5 Å². The third kappa shape index (κ3) is 1.86. The van der Waals surface area contributed by atoms with E-state index in [4.69, 9.17) is 32.7 Å². The average Bonchev–Trinajstić information content (AvgIpc) is 2.27. The van der Waals surface area contributed by atoms with Crippen LogP contribution in [-0.4, -0.2) is 24.2 Å². The van der Waals surface area contributed by atoms with Crippen molar-refractivity contribution in [3.05, 3.63) is 22.4 Å². The molecule has 0 bridgehead atoms. The molecule has 6 heteroatoms. The lowest BCUT2D eigenvalue weighted by Crippen LogP contribution is -1.94. The standard InChI is InChI=1S/C10H8Cl2N2O2/c1-15-5-3-7(11)14-10-6(16-2)4-8(12)13-9(5)10/h3-4H,1-2H3. The van der Waals surface area contributed by atoms with Gasteiger partial charge in [0.25, 0.3) is 0 Å². The van der Waals surface area contributed by atoms with Gasteiger partial charge in [0.1, 0.15) is 32.8 Å². The topological polar surface area (TPSA) is 44.2 Å². The summed E-state index contributed by atoms with van der Waals surface area (Å²) in [4.78, 5) is 8.27. The third-order valence-corrected chi connectivity index (χ3v) is 2.46. The zero-order valence-electron chi connectivity index (χ0n) is 8.62. The van der Waals surface area contributed by atoms with Gasteiger partial charge in [-0.2, -0.15) is 0 Å². The Kier molecular flexibility index (Phi) is 3.03. The molecular weight excluding hydrogens is 251 g/mol. The minimum absolute atomic E-state index is 0.312. The highest BCUT2D eigenvalue weighted by molar-refractivity contribution is 6.31. The van der Waals surface area contributed by atoms with Gasteiger partial charge in [-0.25, -0.2) is 9.97 Å². The normalized spacial score (nSPS) is 10.5. The van der Waals surface area contributed by atoms with E-state index in [1.165, 1.54) is 14.2 Å². The summed E-state index contributed by atoms with van der Waals surface area (Å²) in [5.74, 6) is 1.02. The number of fused-ring (bicyclic) bond motifs is 1. The zero-order valence-corrected chi connectivity index (χ0v) is 10.1. The van der Waals surface area contributed by atoms with Crippen molar-refractivity contribution in [1.29, 1.82) is 0 Å². The average molecular weight is 259 g/mol. The van der Waals surface area contributed by atoms with Crippen LogP contribution in [0.15, 0.2) is 12.1 Å². The maximum absolute atomic E-state index is 5.86. The lowest BCUT2D eigenvalue weighted by molar-refractivity contribution is 0.413. The van der Waals surface area contributed by atoms with Crippen LogP contribution in [-0.2, 0) is 0 Å². The number of aromatic nitrogens is 2. The van der Waals surface area contributed by atoms with Crippen molar-refractivity contribution in [2.75, 3.05) is 14.2 Å². The highest BCUT2D eigenvalue weighted by Crippen LogP contribution is 2.33. The van der Waals surface area contributed by atoms with Gasteiger partial charge in [-0.1, -0.05) is 23.2 Å². The van der Waals surface area contributed by atoms with Crippen LogP contribution >= 0.6 is 23.2 Å². The van der Waals surface area contributed by atoms with Crippen molar-refractivity contribution in [2.24, 2.45) is 0 Å². The molecule has 0 N–H and O–H groups in total. The molecule has 0 aliphatic heterocycles. The molecule has 0 spiro atoms. The van der Waals surface area contributed by atoms with Crippen molar-refractivity contribution in [1.82, 2.24) is 9.97 Å². The van der Waals surface area contributed by atoms with Crippen LogP contribution < -0.4 is 9.47 Å². The summed E-state index contributed by atoms with van der Waals surface area (Å²) in [5, 5.41) is 0.624. The highest BCUT2D eigenvalue weighted by atomic mass is 35.5. The zero-order chi connectivity index (χ0) is 11.7. The maximum Gasteiger partial charge on any atom is 0.149 e. The summed E-state index contributed by atoms with van der Waals surface area (Å²) < 4.78 is 10.3. The number of methoxy groups -OCH3 is 2. The molecule has 0 atom stereocenters. The number of rotatable bonds is 2. The molecule has 0 aliphatic carbocycles. The molecule has 0 amide bonds. The van der Waals surface area contributed by atoms with E-state index in [1.807, 2.05) is 0 Å². The van der Waals surface area contributed by atoms with E-state index in [1.54, 1.807) is 12.1 Å². The molecule has 0 radical (unpaired) electrons. The Hall–Kier alpha value is -1.26. The van der Waals surface area contributed by atoms with E-state index < -0.39 is 0 Å². The van der Waals surface area contributed by atoms with Crippen LogP contribution in [0.2, 0.25) is 10.3 Å². The van der Waals surface area contributed by atoms with Gasteiger partial charge in [0.05, 0.1) is 14.2 Å². The minimum atomic E-state index is 0.312. The second kappa shape index (κ2) is 4.31. The molecule has 84 valence electrons. The SMILES string of the molecule is COc1cc(Cl)nc2c(OC)cc(Cl)nc12. The summed E-state index contributed by atoms with van der Waals surface area (Å²) in [5.41, 5.74) is 1.05. The van der Waals surface area contributed by atoms with E-state index in [0.29, 0.717) is 32.8 Å². The quantitative estimate of drug-likeness (QED) is 0.778. The van der Waals surface area contributed by atoms with Gasteiger partial charge in [-0.05, 0) is 0 Å². The van der Waals surface area contributed by atoms with Gasteiger partial charge in [-0.3, -0.25) is 0 Å². The summed E-state index contributed by atoms with van der Waals surface area (Å²) in [6.45, 7) is 0. The van der Waals surface area contributed by atoms with E-state index in [-0.39, 0.29) is 0 Å². The fourth-order valence-corrected chi connectivity index (χ4v) is 1.76. The van der Waals surface area contributed by atoms with Gasteiger partial charge in [0.2, 0.25) is 0 Å². The predicted molar refractivity (Wildman–Crippen MR) is 62.7 cm³/mol. The van der Waals surface area contributed by atoms with Gasteiger partial charge in [0.15, 0.2) is 0 Å². The molecule has 0 fully saturated rings. The van der Waals surface area contributed by atoms with Crippen molar-refractivity contribution in [2.45, 2.75) is 0 Å². The molecule has 2 aromatic rings. The van der Waals surface area contributed by atoms with Gasteiger partial charge >= 0.3 is 0 Å². The van der Waals surface area contributed by atoms with E-state index >= 15 is 0 Å². The van der Waals surface area contributed by atoms with Gasteiger partial charge in [-0.15, -0.1) is 0 Å². The smallest absolute Gasteiger partial charge is 0.149 e. The molecule has 2 aromatic heterocycles. The Morgan fingerprint density at radius 3 is 1.56 bits per heavy atom. The monoisotopic (exact) mass is 258 g/mol. The maximum atomic E-state index is 5.86. The first kappa shape index (κ1) is 11.2. The second-order valence-electron chi connectivity index (χ2n) is 2.99. The number of ether oxygens (including phenoxy) is 2. The lowest BCUT2D eigenvalue weighted by Gasteiger charge is -2.08. The van der Waals surface area contributed by atoms with Crippen molar-refractivity contribution >= 4 is 34.2 Å². The summed E-state index contributed by atoms with van der Waals surface area (Å²) in [6.07, 6.45) is 0. The lowest BCUT2D eigenvalue weighted by atomic mass is 10.3. The second-order valence-corrected chi connectivity index (χ2v) is 3.77. The number of halogens is 2. The first-order chi connectivity index (χ1) is 7.65. The Bertz CT molecular complexity index is 497. The van der Waals surface area contributed by atoms with E-state index in [2.05, 4.69) is 9.97 Å². The van der Waals surface area contributed by atoms with E-state index in [0.717, 1.165) is 0 Å². The molecule has 16 heavy (non-hydrogen) atoms. The fourth-order valence-electron chi connectivity index (χ4n) is 1.39. The fraction of sp³-hybridized carbons (Fsp3) is 0.200. The summed E-state index contributed by atoms with van der Waals surface area (Å²) in [6, 6.07) is 3.15. The predicted octanol–water partition coefficient (Wildman–Crippen LogP) is 2.95. The first-order valence-corrected chi connectivity index (χ1v) is 5.16. The molecule has 2 rings (SSSR count). The van der Waals surface area contributed by atoms with Crippen LogP contribution in [0.3, 0.4) is 0 Å². The number of nitrogens with zero attached hydrogens (tertiary/aromatic N) is 2. The molecule has 0 aliphatic rings. The molecule has 0 saturated carbocycles. The Balaban J connectivity index is 2.87. The van der Waals surface area contributed by atoms with Crippen molar-refractivity contribution in [3.63, 3.8) is 0 Å². The van der Waals surface area contributed by atoms with E-state index in [9.17, 15) is 0 Å². The Labute approximate surface area is 102 Å². The van der Waals surface area contributed by atoms with Crippen molar-refractivity contribution in [3.8, 4) is 11.5 Å². The largest absolute Gasteiger partial charge is 0.494 e. The molecule has 0 aromatic carbocycles. The van der Waals surface area contributed by atoms with Crippen LogP contribution in [0.1, 0.15) is 0 Å². The molecule has 2 heterocycles. The van der Waals surface area contributed by atoms with Gasteiger partial charge < -0.3 is 9.47 Å². The molecular formula is C10H8Cl2N2O2. The number of hydrogen-bond donors (Lipinski definition) is 0. The summed E-state index contributed by atoms with van der Waals surface area (Å²) >= 11 is 11.7. The summed E-state index contributed by atoms with van der Waals surface area (Å²) in [7, 11) is 3.06.